The Morgan fingerprint density at radius 1 is 1.22 bits per heavy atom. The number of hydrazine groups is 1. The number of ether oxygens (including phenoxy) is 1. The number of anilines is 2. The van der Waals surface area contributed by atoms with Crippen LogP contribution in [-0.4, -0.2) is 39.4 Å². The molecule has 0 aliphatic carbocycles. The highest BCUT2D eigenvalue weighted by Gasteiger charge is 2.32. The number of halogens is 3. The second kappa shape index (κ2) is 7.10. The zero-order valence-electron chi connectivity index (χ0n) is 14.4. The maximum absolute atomic E-state index is 12.6. The van der Waals surface area contributed by atoms with Gasteiger partial charge in [0, 0.05) is 31.2 Å². The van der Waals surface area contributed by atoms with Crippen LogP contribution in [0.2, 0.25) is 0 Å². The topological polar surface area (TPSA) is 69.3 Å². The number of H-pyrrole nitrogens is 1. The molecule has 2 aromatic rings. The molecule has 0 spiro atoms. The van der Waals surface area contributed by atoms with Crippen molar-refractivity contribution in [2.45, 2.75) is 31.5 Å². The van der Waals surface area contributed by atoms with Gasteiger partial charge in [0.25, 0.3) is 0 Å². The fraction of sp³-hybridized carbons (Fsp3) is 0.412. The second-order valence-corrected chi connectivity index (χ2v) is 6.44. The molecule has 1 saturated heterocycles. The van der Waals surface area contributed by atoms with Crippen molar-refractivity contribution in [3.63, 3.8) is 0 Å². The first-order valence-corrected chi connectivity index (χ1v) is 8.71. The van der Waals surface area contributed by atoms with Crippen LogP contribution in [0.5, 0.6) is 5.88 Å². The predicted molar refractivity (Wildman–Crippen MR) is 92.9 cm³/mol. The van der Waals surface area contributed by atoms with Gasteiger partial charge in [0.1, 0.15) is 12.3 Å². The minimum Gasteiger partial charge on any atom is -0.476 e. The molecule has 1 atom stereocenters. The van der Waals surface area contributed by atoms with Crippen molar-refractivity contribution in [1.29, 1.82) is 0 Å². The van der Waals surface area contributed by atoms with E-state index in [2.05, 4.69) is 25.5 Å². The molecular weight excluding hydrogens is 361 g/mol. The van der Waals surface area contributed by atoms with Crippen molar-refractivity contribution >= 4 is 11.5 Å². The van der Waals surface area contributed by atoms with Crippen molar-refractivity contribution in [3.8, 4) is 5.88 Å². The fourth-order valence-electron chi connectivity index (χ4n) is 3.31. The van der Waals surface area contributed by atoms with E-state index in [-0.39, 0.29) is 11.9 Å². The highest BCUT2D eigenvalue weighted by molar-refractivity contribution is 5.69. The van der Waals surface area contributed by atoms with Gasteiger partial charge in [-0.3, -0.25) is 10.1 Å². The summed E-state index contributed by atoms with van der Waals surface area (Å²) < 4.78 is 43.6. The molecule has 4 heterocycles. The lowest BCUT2D eigenvalue weighted by Gasteiger charge is -2.42. The molecule has 0 bridgehead atoms. The number of rotatable bonds is 4. The quantitative estimate of drug-likeness (QED) is 0.848. The van der Waals surface area contributed by atoms with Crippen molar-refractivity contribution < 1.29 is 17.9 Å². The zero-order valence-corrected chi connectivity index (χ0v) is 14.4. The summed E-state index contributed by atoms with van der Waals surface area (Å²) in [5.74, 6) is 1.00. The second-order valence-electron chi connectivity index (χ2n) is 6.44. The summed E-state index contributed by atoms with van der Waals surface area (Å²) in [7, 11) is 0. The highest BCUT2D eigenvalue weighted by atomic mass is 19.4. The average molecular weight is 380 g/mol. The van der Waals surface area contributed by atoms with Crippen molar-refractivity contribution in [1.82, 2.24) is 20.2 Å². The van der Waals surface area contributed by atoms with Gasteiger partial charge in [-0.2, -0.15) is 18.3 Å². The Morgan fingerprint density at radius 2 is 2.11 bits per heavy atom. The van der Waals surface area contributed by atoms with Crippen LogP contribution in [-0.2, 0) is 6.18 Å². The summed E-state index contributed by atoms with van der Waals surface area (Å²) in [4.78, 5) is 3.78. The van der Waals surface area contributed by atoms with Crippen LogP contribution in [0.15, 0.2) is 36.9 Å². The van der Waals surface area contributed by atoms with Gasteiger partial charge in [0.05, 0.1) is 17.8 Å². The minimum absolute atomic E-state index is 0.0772. The largest absolute Gasteiger partial charge is 0.476 e. The number of nitrogens with zero attached hydrogens (tertiary/aromatic N) is 4. The first-order chi connectivity index (χ1) is 13.0. The molecule has 2 aromatic heterocycles. The van der Waals surface area contributed by atoms with Gasteiger partial charge in [-0.15, -0.1) is 0 Å². The predicted octanol–water partition coefficient (Wildman–Crippen LogP) is 3.38. The number of aromatic amines is 1. The third-order valence-corrected chi connectivity index (χ3v) is 4.67. The summed E-state index contributed by atoms with van der Waals surface area (Å²) >= 11 is 0. The Bertz CT molecular complexity index is 804. The van der Waals surface area contributed by atoms with Crippen LogP contribution in [0.25, 0.3) is 0 Å². The van der Waals surface area contributed by atoms with E-state index in [9.17, 15) is 13.2 Å². The lowest BCUT2D eigenvalue weighted by molar-refractivity contribution is -0.137. The molecule has 7 nitrogen and oxygen atoms in total. The maximum atomic E-state index is 12.6. The van der Waals surface area contributed by atoms with Gasteiger partial charge in [-0.1, -0.05) is 6.42 Å². The third-order valence-electron chi connectivity index (χ3n) is 4.67. The molecule has 0 saturated carbocycles. The van der Waals surface area contributed by atoms with Crippen molar-refractivity contribution in [3.05, 3.63) is 42.5 Å². The number of aromatic nitrogens is 3. The van der Waals surface area contributed by atoms with Gasteiger partial charge < -0.3 is 10.1 Å². The first-order valence-electron chi connectivity index (χ1n) is 8.71. The maximum Gasteiger partial charge on any atom is 0.417 e. The Hall–Kier alpha value is -2.75. The molecule has 2 N–H and O–H groups in total. The van der Waals surface area contributed by atoms with E-state index in [1.54, 1.807) is 6.20 Å². The average Bonchev–Trinajstić information content (AvgIpc) is 3.15. The van der Waals surface area contributed by atoms with Crippen LogP contribution < -0.4 is 15.1 Å². The van der Waals surface area contributed by atoms with E-state index in [1.807, 2.05) is 17.4 Å². The van der Waals surface area contributed by atoms with Crippen molar-refractivity contribution in [2.75, 3.05) is 23.5 Å². The minimum atomic E-state index is -4.40. The number of alkyl halides is 3. The number of hydrogen-bond acceptors (Lipinski definition) is 6. The normalized spacial score (nSPS) is 20.3. The lowest BCUT2D eigenvalue weighted by atomic mass is 10.0. The summed E-state index contributed by atoms with van der Waals surface area (Å²) in [6, 6.07) is 2.32. The van der Waals surface area contributed by atoms with Gasteiger partial charge in [0.15, 0.2) is 5.82 Å². The molecule has 4 rings (SSSR count). The van der Waals surface area contributed by atoms with Crippen LogP contribution in [0.1, 0.15) is 24.8 Å². The first kappa shape index (κ1) is 17.7. The standard InChI is InChI=1S/C17H19F3N6O/c18-17(19,20)12-4-5-15(22-9-12)27-11-13-3-1-2-7-25(13)26-8-6-21-16-14(26)10-23-24-16/h4-6,8-10,13H,1-3,7,11H2,(H2,21,23,24). The number of fused-ring (bicyclic) bond motifs is 1. The van der Waals surface area contributed by atoms with Gasteiger partial charge in [0.2, 0.25) is 5.88 Å². The van der Waals surface area contributed by atoms with Gasteiger partial charge >= 0.3 is 6.18 Å². The molecule has 1 unspecified atom stereocenters. The Morgan fingerprint density at radius 3 is 2.89 bits per heavy atom. The molecule has 2 aliphatic heterocycles. The smallest absolute Gasteiger partial charge is 0.417 e. The zero-order chi connectivity index (χ0) is 18.9. The van der Waals surface area contributed by atoms with E-state index in [4.69, 9.17) is 4.74 Å². The number of pyridine rings is 1. The van der Waals surface area contributed by atoms with Crippen LogP contribution in [0.3, 0.4) is 0 Å². The van der Waals surface area contributed by atoms with Crippen LogP contribution in [0, 0.1) is 0 Å². The molecule has 1 fully saturated rings. The summed E-state index contributed by atoms with van der Waals surface area (Å²) in [5.41, 5.74) is 0.129. The fourth-order valence-corrected chi connectivity index (χ4v) is 3.31. The highest BCUT2D eigenvalue weighted by Crippen LogP contribution is 2.32. The molecule has 2 aliphatic rings. The summed E-state index contributed by atoms with van der Waals surface area (Å²) in [6.07, 6.45) is 4.94. The van der Waals surface area contributed by atoms with Gasteiger partial charge in [-0.05, 0) is 18.9 Å². The monoisotopic (exact) mass is 380 g/mol. The van der Waals surface area contributed by atoms with E-state index in [0.717, 1.165) is 49.6 Å². The molecule has 10 heteroatoms. The van der Waals surface area contributed by atoms with E-state index >= 15 is 0 Å². The lowest BCUT2D eigenvalue weighted by Crippen LogP contribution is -2.52. The Balaban J connectivity index is 1.44. The molecular formula is C17H19F3N6O. The third kappa shape index (κ3) is 3.70. The number of hydrogen-bond donors (Lipinski definition) is 2. The summed E-state index contributed by atoms with van der Waals surface area (Å²) in [5, 5.41) is 14.3. The molecule has 27 heavy (non-hydrogen) atoms. The van der Waals surface area contributed by atoms with Crippen molar-refractivity contribution in [2.24, 2.45) is 0 Å². The number of nitrogens with one attached hydrogen (secondary N) is 2. The SMILES string of the molecule is FC(F)(F)c1ccc(OCC2CCCCN2N2C=CNc3[nH]ncc32)nc1. The molecule has 0 amide bonds. The van der Waals surface area contributed by atoms with Crippen LogP contribution in [0.4, 0.5) is 24.7 Å². The Kier molecular flexibility index (Phi) is 4.65. The van der Waals surface area contributed by atoms with Crippen LogP contribution >= 0.6 is 0 Å². The number of piperidine rings is 1. The molecule has 0 aromatic carbocycles. The Labute approximate surface area is 153 Å². The molecule has 144 valence electrons. The van der Waals surface area contributed by atoms with Gasteiger partial charge in [-0.25, -0.2) is 9.99 Å². The summed E-state index contributed by atoms with van der Waals surface area (Å²) in [6.45, 7) is 1.19. The van der Waals surface area contributed by atoms with E-state index in [1.165, 1.54) is 6.07 Å². The van der Waals surface area contributed by atoms with E-state index < -0.39 is 11.7 Å². The van der Waals surface area contributed by atoms with E-state index in [0.29, 0.717) is 6.61 Å². The molecule has 0 radical (unpaired) electrons.